The van der Waals surface area contributed by atoms with E-state index in [4.69, 9.17) is 9.47 Å². The zero-order valence-electron chi connectivity index (χ0n) is 13.2. The van der Waals surface area contributed by atoms with Crippen LogP contribution in [-0.2, 0) is 10.0 Å². The molecule has 7 nitrogen and oxygen atoms in total. The van der Waals surface area contributed by atoms with E-state index in [0.717, 1.165) is 10.1 Å². The number of hydrogen-bond donors (Lipinski definition) is 1. The third kappa shape index (κ3) is 4.11. The Kier molecular flexibility index (Phi) is 5.16. The van der Waals surface area contributed by atoms with Crippen LogP contribution in [0.2, 0.25) is 0 Å². The van der Waals surface area contributed by atoms with Gasteiger partial charge in [-0.1, -0.05) is 36.9 Å². The molecular formula is C14H17N3O4S3. The number of nitrogens with zero attached hydrogens (tertiary/aromatic N) is 2. The van der Waals surface area contributed by atoms with Crippen molar-refractivity contribution in [2.24, 2.45) is 5.92 Å². The lowest BCUT2D eigenvalue weighted by Gasteiger charge is -2.18. The second-order valence-corrected chi connectivity index (χ2v) is 9.42. The van der Waals surface area contributed by atoms with Crippen molar-refractivity contribution in [1.82, 2.24) is 10.2 Å². The first-order chi connectivity index (χ1) is 11.4. The van der Waals surface area contributed by atoms with Crippen LogP contribution in [0.4, 0.5) is 5.13 Å². The van der Waals surface area contributed by atoms with Crippen LogP contribution in [0.1, 0.15) is 13.8 Å². The molecule has 0 unspecified atom stereocenters. The van der Waals surface area contributed by atoms with Crippen molar-refractivity contribution in [2.45, 2.75) is 23.1 Å². The molecule has 0 saturated heterocycles. The van der Waals surface area contributed by atoms with E-state index in [1.165, 1.54) is 23.5 Å². The van der Waals surface area contributed by atoms with E-state index < -0.39 is 10.0 Å². The Balaban J connectivity index is 1.74. The quantitative estimate of drug-likeness (QED) is 0.762. The molecule has 0 fully saturated rings. The summed E-state index contributed by atoms with van der Waals surface area (Å²) < 4.78 is 39.0. The van der Waals surface area contributed by atoms with Gasteiger partial charge < -0.3 is 9.47 Å². The SMILES string of the molecule is CC(C)CSc1nnc(NS(=O)(=O)c2ccc3c(c2)OCCO3)s1. The van der Waals surface area contributed by atoms with Gasteiger partial charge in [-0.3, -0.25) is 4.72 Å². The number of ether oxygens (including phenoxy) is 2. The Morgan fingerprint density at radius 2 is 2.00 bits per heavy atom. The van der Waals surface area contributed by atoms with E-state index in [-0.39, 0.29) is 10.0 Å². The zero-order chi connectivity index (χ0) is 17.2. The summed E-state index contributed by atoms with van der Waals surface area (Å²) in [5.74, 6) is 2.40. The highest BCUT2D eigenvalue weighted by molar-refractivity contribution is 8.01. The highest BCUT2D eigenvalue weighted by atomic mass is 32.2. The zero-order valence-corrected chi connectivity index (χ0v) is 15.6. The maximum atomic E-state index is 12.5. The van der Waals surface area contributed by atoms with Gasteiger partial charge in [0.25, 0.3) is 10.0 Å². The summed E-state index contributed by atoms with van der Waals surface area (Å²) in [6, 6.07) is 4.52. The van der Waals surface area contributed by atoms with E-state index in [2.05, 4.69) is 28.8 Å². The monoisotopic (exact) mass is 387 g/mol. The van der Waals surface area contributed by atoms with Crippen LogP contribution >= 0.6 is 23.1 Å². The van der Waals surface area contributed by atoms with Crippen molar-refractivity contribution in [1.29, 1.82) is 0 Å². The lowest BCUT2D eigenvalue weighted by atomic mass is 10.3. The fourth-order valence-corrected chi connectivity index (χ4v) is 4.89. The fourth-order valence-electron chi connectivity index (χ4n) is 1.91. The van der Waals surface area contributed by atoms with Gasteiger partial charge in [0.15, 0.2) is 15.8 Å². The molecule has 0 atom stereocenters. The minimum absolute atomic E-state index is 0.0957. The molecule has 1 aliphatic heterocycles. The van der Waals surface area contributed by atoms with Gasteiger partial charge in [-0.25, -0.2) is 8.42 Å². The third-order valence-corrected chi connectivity index (χ3v) is 6.86. The molecule has 1 aromatic carbocycles. The van der Waals surface area contributed by atoms with Crippen LogP contribution in [0.15, 0.2) is 27.4 Å². The second kappa shape index (κ2) is 7.16. The number of sulfonamides is 1. The van der Waals surface area contributed by atoms with Gasteiger partial charge in [-0.15, -0.1) is 10.2 Å². The molecule has 2 heterocycles. The Labute approximate surface area is 148 Å². The molecule has 10 heteroatoms. The first kappa shape index (κ1) is 17.3. The molecule has 1 aliphatic rings. The largest absolute Gasteiger partial charge is 0.486 e. The number of aromatic nitrogens is 2. The van der Waals surface area contributed by atoms with Crippen LogP contribution < -0.4 is 14.2 Å². The summed E-state index contributed by atoms with van der Waals surface area (Å²) in [4.78, 5) is 0.0957. The maximum Gasteiger partial charge on any atom is 0.263 e. The average Bonchev–Trinajstić information content (AvgIpc) is 2.99. The Morgan fingerprint density at radius 1 is 1.25 bits per heavy atom. The second-order valence-electron chi connectivity index (χ2n) is 5.49. The molecule has 2 aromatic rings. The van der Waals surface area contributed by atoms with Crippen LogP contribution in [0, 0.1) is 5.92 Å². The van der Waals surface area contributed by atoms with Crippen LogP contribution in [-0.4, -0.2) is 37.6 Å². The van der Waals surface area contributed by atoms with Gasteiger partial charge in [-0.2, -0.15) is 0 Å². The van der Waals surface area contributed by atoms with Gasteiger partial charge >= 0.3 is 0 Å². The number of rotatable bonds is 6. The fraction of sp³-hybridized carbons (Fsp3) is 0.429. The standard InChI is InChI=1S/C14H17N3O4S3/c1-9(2)8-22-14-16-15-13(23-14)17-24(18,19)10-3-4-11-12(7-10)21-6-5-20-11/h3-4,7,9H,5-6,8H2,1-2H3,(H,15,17). The van der Waals surface area contributed by atoms with Gasteiger partial charge in [0, 0.05) is 11.8 Å². The topological polar surface area (TPSA) is 90.4 Å². The van der Waals surface area contributed by atoms with Crippen molar-refractivity contribution in [3.63, 3.8) is 0 Å². The summed E-state index contributed by atoms with van der Waals surface area (Å²) in [5, 5.41) is 8.14. The van der Waals surface area contributed by atoms with Crippen LogP contribution in [0.5, 0.6) is 11.5 Å². The summed E-state index contributed by atoms with van der Waals surface area (Å²) in [5.41, 5.74) is 0. The third-order valence-electron chi connectivity index (χ3n) is 2.99. The molecule has 1 aromatic heterocycles. The summed E-state index contributed by atoms with van der Waals surface area (Å²) in [7, 11) is -3.75. The molecule has 130 valence electrons. The van der Waals surface area contributed by atoms with Crippen molar-refractivity contribution in [3.05, 3.63) is 18.2 Å². The lowest BCUT2D eigenvalue weighted by Crippen LogP contribution is -2.17. The summed E-state index contributed by atoms with van der Waals surface area (Å²) >= 11 is 2.78. The number of nitrogens with one attached hydrogen (secondary N) is 1. The van der Waals surface area contributed by atoms with Crippen molar-refractivity contribution in [3.8, 4) is 11.5 Å². The Bertz CT molecular complexity index is 820. The Morgan fingerprint density at radius 3 is 2.75 bits per heavy atom. The Hall–Kier alpha value is -1.52. The van der Waals surface area contributed by atoms with E-state index >= 15 is 0 Å². The minimum atomic E-state index is -3.75. The van der Waals surface area contributed by atoms with Crippen LogP contribution in [0.3, 0.4) is 0 Å². The number of fused-ring (bicyclic) bond motifs is 1. The van der Waals surface area contributed by atoms with Crippen molar-refractivity contribution in [2.75, 3.05) is 23.7 Å². The number of anilines is 1. The smallest absolute Gasteiger partial charge is 0.263 e. The van der Waals surface area contributed by atoms with Gasteiger partial charge in [-0.05, 0) is 18.1 Å². The average molecular weight is 388 g/mol. The predicted molar refractivity (Wildman–Crippen MR) is 93.7 cm³/mol. The first-order valence-corrected chi connectivity index (χ1v) is 10.6. The molecule has 24 heavy (non-hydrogen) atoms. The van der Waals surface area contributed by atoms with Gasteiger partial charge in [0.05, 0.1) is 4.90 Å². The number of thioether (sulfide) groups is 1. The number of benzene rings is 1. The highest BCUT2D eigenvalue weighted by Crippen LogP contribution is 2.33. The van der Waals surface area contributed by atoms with E-state index in [1.54, 1.807) is 17.8 Å². The molecule has 0 spiro atoms. The van der Waals surface area contributed by atoms with Gasteiger partial charge in [0.1, 0.15) is 13.2 Å². The molecule has 1 N–H and O–H groups in total. The summed E-state index contributed by atoms with van der Waals surface area (Å²) in [6.45, 7) is 5.08. The van der Waals surface area contributed by atoms with E-state index in [9.17, 15) is 8.42 Å². The predicted octanol–water partition coefficient (Wildman–Crippen LogP) is 2.86. The number of hydrogen-bond acceptors (Lipinski definition) is 8. The molecule has 0 saturated carbocycles. The molecule has 3 rings (SSSR count). The summed E-state index contributed by atoms with van der Waals surface area (Å²) in [6.07, 6.45) is 0. The van der Waals surface area contributed by atoms with Crippen molar-refractivity contribution >= 4 is 38.3 Å². The maximum absolute atomic E-state index is 12.5. The van der Waals surface area contributed by atoms with E-state index in [1.807, 2.05) is 0 Å². The molecule has 0 aliphatic carbocycles. The molecule has 0 bridgehead atoms. The van der Waals surface area contributed by atoms with Gasteiger partial charge in [0.2, 0.25) is 5.13 Å². The molecule has 0 radical (unpaired) electrons. The van der Waals surface area contributed by atoms with Crippen molar-refractivity contribution < 1.29 is 17.9 Å². The minimum Gasteiger partial charge on any atom is -0.486 e. The highest BCUT2D eigenvalue weighted by Gasteiger charge is 2.21. The normalized spacial score (nSPS) is 14.0. The lowest BCUT2D eigenvalue weighted by molar-refractivity contribution is 0.171. The van der Waals surface area contributed by atoms with E-state index in [0.29, 0.717) is 30.6 Å². The first-order valence-electron chi connectivity index (χ1n) is 7.33. The molecule has 0 amide bonds. The van der Waals surface area contributed by atoms with Crippen LogP contribution in [0.25, 0.3) is 0 Å². The molecular weight excluding hydrogens is 370 g/mol.